The van der Waals surface area contributed by atoms with Crippen LogP contribution in [0.1, 0.15) is 27.2 Å². The largest absolute Gasteiger partial charge is 0.370 e. The maximum Gasteiger partial charge on any atom is 0.159 e. The van der Waals surface area contributed by atoms with E-state index < -0.39 is 0 Å². The number of hydrogen-bond donors (Lipinski definition) is 0. The Labute approximate surface area is 82.6 Å². The molecule has 1 aliphatic rings. The van der Waals surface area contributed by atoms with Crippen LogP contribution < -0.4 is 0 Å². The van der Waals surface area contributed by atoms with Gasteiger partial charge in [0.15, 0.2) is 5.78 Å². The molecule has 0 aromatic carbocycles. The molecule has 0 spiro atoms. The minimum Gasteiger partial charge on any atom is -0.370 e. The average molecular weight is 199 g/mol. The van der Waals surface area contributed by atoms with Crippen molar-refractivity contribution in [2.45, 2.75) is 33.2 Å². The van der Waals surface area contributed by atoms with E-state index in [1.165, 1.54) is 0 Å². The lowest BCUT2D eigenvalue weighted by Crippen LogP contribution is -2.43. The first kappa shape index (κ1) is 10.7. The van der Waals surface area contributed by atoms with Crippen LogP contribution in [-0.4, -0.2) is 23.0 Å². The van der Waals surface area contributed by atoms with Crippen molar-refractivity contribution in [3.63, 3.8) is 0 Å². The summed E-state index contributed by atoms with van der Waals surface area (Å²) in [5.74, 6) is 0.245. The zero-order valence-electron chi connectivity index (χ0n) is 8.58. The molecule has 2 nitrogen and oxygen atoms in total. The molecule has 74 valence electrons. The highest BCUT2D eigenvalue weighted by Crippen LogP contribution is 2.30. The SMILES string of the molecule is CC(C)(C)C1CC(=O)C=CN1CP. The molecule has 0 aromatic rings. The summed E-state index contributed by atoms with van der Waals surface area (Å²) >= 11 is 0. The molecule has 0 radical (unpaired) electrons. The number of nitrogens with zero attached hydrogens (tertiary/aromatic N) is 1. The molecule has 1 heterocycles. The van der Waals surface area contributed by atoms with E-state index in [1.807, 2.05) is 6.20 Å². The fourth-order valence-corrected chi connectivity index (χ4v) is 2.03. The Morgan fingerprint density at radius 3 is 2.69 bits per heavy atom. The summed E-state index contributed by atoms with van der Waals surface area (Å²) in [6.07, 6.45) is 5.13. The monoisotopic (exact) mass is 199 g/mol. The van der Waals surface area contributed by atoms with Crippen LogP contribution in [-0.2, 0) is 4.79 Å². The number of hydrogen-bond acceptors (Lipinski definition) is 2. The van der Waals surface area contributed by atoms with E-state index in [-0.39, 0.29) is 11.2 Å². The van der Waals surface area contributed by atoms with Gasteiger partial charge in [-0.25, -0.2) is 0 Å². The highest BCUT2D eigenvalue weighted by atomic mass is 31.0. The van der Waals surface area contributed by atoms with Gasteiger partial charge in [0.05, 0.1) is 0 Å². The van der Waals surface area contributed by atoms with Crippen molar-refractivity contribution >= 4 is 15.0 Å². The zero-order chi connectivity index (χ0) is 10.1. The molecule has 2 unspecified atom stereocenters. The van der Waals surface area contributed by atoms with Crippen molar-refractivity contribution in [1.29, 1.82) is 0 Å². The predicted octanol–water partition coefficient (Wildman–Crippen LogP) is 2.02. The van der Waals surface area contributed by atoms with Crippen molar-refractivity contribution in [3.8, 4) is 0 Å². The minimum atomic E-state index is 0.164. The second kappa shape index (κ2) is 3.79. The highest BCUT2D eigenvalue weighted by molar-refractivity contribution is 7.16. The van der Waals surface area contributed by atoms with Gasteiger partial charge in [-0.15, -0.1) is 9.24 Å². The molecule has 0 bridgehead atoms. The van der Waals surface area contributed by atoms with Crippen molar-refractivity contribution in [1.82, 2.24) is 4.90 Å². The molecule has 0 aromatic heterocycles. The van der Waals surface area contributed by atoms with Crippen molar-refractivity contribution in [3.05, 3.63) is 12.3 Å². The maximum atomic E-state index is 11.3. The first-order chi connectivity index (χ1) is 5.95. The van der Waals surface area contributed by atoms with Crippen LogP contribution in [0.25, 0.3) is 0 Å². The lowest BCUT2D eigenvalue weighted by atomic mass is 9.82. The van der Waals surface area contributed by atoms with Gasteiger partial charge in [0.25, 0.3) is 0 Å². The van der Waals surface area contributed by atoms with E-state index in [9.17, 15) is 4.79 Å². The van der Waals surface area contributed by atoms with E-state index in [2.05, 4.69) is 34.9 Å². The van der Waals surface area contributed by atoms with Crippen molar-refractivity contribution in [2.24, 2.45) is 5.41 Å². The zero-order valence-corrected chi connectivity index (χ0v) is 9.73. The van der Waals surface area contributed by atoms with E-state index >= 15 is 0 Å². The van der Waals surface area contributed by atoms with E-state index in [4.69, 9.17) is 0 Å². The molecule has 0 fully saturated rings. The van der Waals surface area contributed by atoms with Gasteiger partial charge >= 0.3 is 0 Å². The first-order valence-corrected chi connectivity index (χ1v) is 5.43. The van der Waals surface area contributed by atoms with Gasteiger partial charge in [-0.3, -0.25) is 4.79 Å². The number of allylic oxidation sites excluding steroid dienone is 1. The number of carbonyl (C=O) groups is 1. The number of carbonyl (C=O) groups excluding carboxylic acids is 1. The van der Waals surface area contributed by atoms with Gasteiger partial charge in [-0.2, -0.15) is 0 Å². The van der Waals surface area contributed by atoms with Gasteiger partial charge in [0, 0.05) is 24.9 Å². The summed E-state index contributed by atoms with van der Waals surface area (Å²) < 4.78 is 0. The summed E-state index contributed by atoms with van der Waals surface area (Å²) in [7, 11) is 2.70. The highest BCUT2D eigenvalue weighted by Gasteiger charge is 2.31. The normalized spacial score (nSPS) is 23.8. The Morgan fingerprint density at radius 1 is 1.62 bits per heavy atom. The molecule has 1 rings (SSSR count). The molecule has 1 aliphatic heterocycles. The molecule has 0 saturated carbocycles. The Morgan fingerprint density at radius 2 is 2.23 bits per heavy atom. The first-order valence-electron chi connectivity index (χ1n) is 4.62. The number of ketones is 1. The quantitative estimate of drug-likeness (QED) is 0.602. The molecule has 3 heteroatoms. The summed E-state index contributed by atoms with van der Waals surface area (Å²) in [4.78, 5) is 13.5. The van der Waals surface area contributed by atoms with Gasteiger partial charge in [-0.05, 0) is 11.5 Å². The van der Waals surface area contributed by atoms with Crippen molar-refractivity contribution in [2.75, 3.05) is 6.29 Å². The second-order valence-electron chi connectivity index (χ2n) is 4.56. The van der Waals surface area contributed by atoms with Gasteiger partial charge in [0.2, 0.25) is 0 Å². The maximum absolute atomic E-state index is 11.3. The molecular weight excluding hydrogens is 181 g/mol. The summed E-state index contributed by atoms with van der Waals surface area (Å²) in [6, 6.07) is 0.336. The lowest BCUT2D eigenvalue weighted by Gasteiger charge is -2.40. The van der Waals surface area contributed by atoms with Crippen LogP contribution in [0.3, 0.4) is 0 Å². The van der Waals surface area contributed by atoms with Crippen molar-refractivity contribution < 1.29 is 4.79 Å². The smallest absolute Gasteiger partial charge is 0.159 e. The van der Waals surface area contributed by atoms with Gasteiger partial charge in [0.1, 0.15) is 0 Å². The fraction of sp³-hybridized carbons (Fsp3) is 0.700. The van der Waals surface area contributed by atoms with Gasteiger partial charge < -0.3 is 4.90 Å². The Kier molecular flexibility index (Phi) is 3.13. The van der Waals surface area contributed by atoms with Gasteiger partial charge in [-0.1, -0.05) is 20.8 Å². The number of rotatable bonds is 1. The predicted molar refractivity (Wildman–Crippen MR) is 58.4 cm³/mol. The summed E-state index contributed by atoms with van der Waals surface area (Å²) in [5.41, 5.74) is 0.164. The molecule has 2 atom stereocenters. The third-order valence-electron chi connectivity index (χ3n) is 2.46. The van der Waals surface area contributed by atoms with E-state index in [1.54, 1.807) is 6.08 Å². The Balaban J connectivity index is 2.83. The van der Waals surface area contributed by atoms with Crippen LogP contribution in [0.15, 0.2) is 12.3 Å². The molecule has 0 aliphatic carbocycles. The molecular formula is C10H18NOP. The fourth-order valence-electron chi connectivity index (χ4n) is 1.65. The summed E-state index contributed by atoms with van der Waals surface area (Å²) in [6.45, 7) is 6.53. The molecule has 0 N–H and O–H groups in total. The average Bonchev–Trinajstić information content (AvgIpc) is 2.03. The molecule has 13 heavy (non-hydrogen) atoms. The Hall–Kier alpha value is -0.360. The third-order valence-corrected chi connectivity index (χ3v) is 2.88. The topological polar surface area (TPSA) is 20.3 Å². The van der Waals surface area contributed by atoms with Crippen LogP contribution in [0.2, 0.25) is 0 Å². The van der Waals surface area contributed by atoms with Crippen LogP contribution in [0, 0.1) is 5.41 Å². The molecule has 0 saturated heterocycles. The minimum absolute atomic E-state index is 0.164. The second-order valence-corrected chi connectivity index (χ2v) is 4.93. The summed E-state index contributed by atoms with van der Waals surface area (Å²) in [5, 5.41) is 0. The van der Waals surface area contributed by atoms with E-state index in [0.717, 1.165) is 6.29 Å². The third kappa shape index (κ3) is 2.54. The lowest BCUT2D eigenvalue weighted by molar-refractivity contribution is -0.117. The standard InChI is InChI=1S/C10H18NOP/c1-10(2,3)9-6-8(12)4-5-11(9)7-13/h4-5,9H,6-7,13H2,1-3H3. The molecule has 0 amide bonds. The van der Waals surface area contributed by atoms with Crippen LogP contribution >= 0.6 is 9.24 Å². The van der Waals surface area contributed by atoms with E-state index in [0.29, 0.717) is 12.5 Å². The Bertz CT molecular complexity index is 230. The van der Waals surface area contributed by atoms with Crippen LogP contribution in [0.5, 0.6) is 0 Å². The van der Waals surface area contributed by atoms with Crippen LogP contribution in [0.4, 0.5) is 0 Å².